The zero-order valence-electron chi connectivity index (χ0n) is 8.70. The summed E-state index contributed by atoms with van der Waals surface area (Å²) >= 11 is 0. The molecule has 5 atom stereocenters. The smallest absolute Gasteiger partial charge is 0.0613 e. The van der Waals surface area contributed by atoms with Gasteiger partial charge in [-0.1, -0.05) is 13.3 Å². The third-order valence-electron chi connectivity index (χ3n) is 4.08. The Hall–Kier alpha value is -0.0800. The van der Waals surface area contributed by atoms with E-state index in [2.05, 4.69) is 13.8 Å². The second-order valence-electron chi connectivity index (χ2n) is 4.74. The van der Waals surface area contributed by atoms with Gasteiger partial charge in [0.1, 0.15) is 0 Å². The van der Waals surface area contributed by atoms with Crippen LogP contribution in [0.3, 0.4) is 0 Å². The van der Waals surface area contributed by atoms with E-state index in [1.165, 1.54) is 19.3 Å². The summed E-state index contributed by atoms with van der Waals surface area (Å²) in [6, 6.07) is 0. The maximum atomic E-state index is 5.95. The summed E-state index contributed by atoms with van der Waals surface area (Å²) in [5.74, 6) is 2.17. The molecule has 1 aliphatic carbocycles. The lowest BCUT2D eigenvalue weighted by Crippen LogP contribution is -2.36. The minimum Gasteiger partial charge on any atom is -0.375 e. The largest absolute Gasteiger partial charge is 0.375 e. The highest BCUT2D eigenvalue weighted by Crippen LogP contribution is 2.44. The van der Waals surface area contributed by atoms with Crippen LogP contribution in [0.5, 0.6) is 0 Å². The quantitative estimate of drug-likeness (QED) is 0.672. The van der Waals surface area contributed by atoms with E-state index in [-0.39, 0.29) is 0 Å². The van der Waals surface area contributed by atoms with Crippen molar-refractivity contribution in [3.63, 3.8) is 0 Å². The minimum absolute atomic E-state index is 0.446. The summed E-state index contributed by atoms with van der Waals surface area (Å²) in [6.45, 7) is 5.38. The molecule has 2 nitrogen and oxygen atoms in total. The molecule has 2 fully saturated rings. The molecule has 2 heteroatoms. The predicted octanol–water partition coefficient (Wildman–Crippen LogP) is 1.78. The summed E-state index contributed by atoms with van der Waals surface area (Å²) in [5.41, 5.74) is 5.81. The first-order chi connectivity index (χ1) is 6.24. The van der Waals surface area contributed by atoms with Gasteiger partial charge in [0, 0.05) is 0 Å². The van der Waals surface area contributed by atoms with Crippen LogP contribution in [0, 0.1) is 17.8 Å². The van der Waals surface area contributed by atoms with Crippen molar-refractivity contribution in [2.75, 3.05) is 6.54 Å². The topological polar surface area (TPSA) is 35.2 Å². The molecule has 0 radical (unpaired) electrons. The Kier molecular flexibility index (Phi) is 2.61. The fraction of sp³-hybridized carbons (Fsp3) is 1.00. The molecule has 0 spiro atoms. The highest BCUT2D eigenvalue weighted by molar-refractivity contribution is 4.93. The molecule has 0 aromatic carbocycles. The molecule has 76 valence electrons. The summed E-state index contributed by atoms with van der Waals surface area (Å²) < 4.78 is 5.95. The first-order valence-corrected chi connectivity index (χ1v) is 5.59. The van der Waals surface area contributed by atoms with E-state index >= 15 is 0 Å². The average Bonchev–Trinajstić information content (AvgIpc) is 2.43. The predicted molar refractivity (Wildman–Crippen MR) is 53.4 cm³/mol. The van der Waals surface area contributed by atoms with Gasteiger partial charge < -0.3 is 10.5 Å². The molecular weight excluding hydrogens is 162 g/mol. The lowest BCUT2D eigenvalue weighted by Gasteiger charge is -2.33. The Morgan fingerprint density at radius 1 is 1.31 bits per heavy atom. The van der Waals surface area contributed by atoms with Gasteiger partial charge in [-0.05, 0) is 44.1 Å². The molecule has 0 amide bonds. The van der Waals surface area contributed by atoms with Crippen LogP contribution in [-0.2, 0) is 4.74 Å². The molecule has 1 saturated carbocycles. The first kappa shape index (κ1) is 9.47. The van der Waals surface area contributed by atoms with Gasteiger partial charge in [-0.25, -0.2) is 0 Å². The zero-order valence-corrected chi connectivity index (χ0v) is 8.70. The van der Waals surface area contributed by atoms with E-state index in [1.54, 1.807) is 0 Å². The highest BCUT2D eigenvalue weighted by atomic mass is 16.5. The van der Waals surface area contributed by atoms with Gasteiger partial charge in [-0.15, -0.1) is 0 Å². The Morgan fingerprint density at radius 2 is 2.08 bits per heavy atom. The van der Waals surface area contributed by atoms with Crippen LogP contribution < -0.4 is 5.73 Å². The van der Waals surface area contributed by atoms with Crippen LogP contribution in [0.1, 0.15) is 33.1 Å². The fourth-order valence-electron chi connectivity index (χ4n) is 3.18. The summed E-state index contributed by atoms with van der Waals surface area (Å²) in [5, 5.41) is 0. The van der Waals surface area contributed by atoms with Gasteiger partial charge >= 0.3 is 0 Å². The van der Waals surface area contributed by atoms with Crippen LogP contribution >= 0.6 is 0 Å². The molecule has 2 N–H and O–H groups in total. The number of fused-ring (bicyclic) bond motifs is 1. The standard InChI is InChI=1S/C11H21NO/c1-7-8(2)13-10-5-3-4-9(6-12)11(7)10/h7-11H,3-6,12H2,1-2H3. The van der Waals surface area contributed by atoms with Gasteiger partial charge in [-0.2, -0.15) is 0 Å². The molecule has 13 heavy (non-hydrogen) atoms. The highest BCUT2D eigenvalue weighted by Gasteiger charge is 2.44. The van der Waals surface area contributed by atoms with Crippen molar-refractivity contribution in [1.29, 1.82) is 0 Å². The number of hydrogen-bond acceptors (Lipinski definition) is 2. The summed E-state index contributed by atoms with van der Waals surface area (Å²) in [4.78, 5) is 0. The summed E-state index contributed by atoms with van der Waals surface area (Å²) in [6.07, 6.45) is 4.85. The van der Waals surface area contributed by atoms with Crippen molar-refractivity contribution in [3.05, 3.63) is 0 Å². The maximum absolute atomic E-state index is 5.95. The third-order valence-corrected chi connectivity index (χ3v) is 4.08. The molecule has 1 saturated heterocycles. The van der Waals surface area contributed by atoms with Crippen molar-refractivity contribution in [3.8, 4) is 0 Å². The van der Waals surface area contributed by atoms with Crippen LogP contribution in [-0.4, -0.2) is 18.8 Å². The van der Waals surface area contributed by atoms with Crippen molar-refractivity contribution < 1.29 is 4.74 Å². The molecule has 2 rings (SSSR count). The molecule has 2 aliphatic rings. The Bertz CT molecular complexity index is 177. The van der Waals surface area contributed by atoms with Gasteiger partial charge in [0.25, 0.3) is 0 Å². The van der Waals surface area contributed by atoms with E-state index in [9.17, 15) is 0 Å². The Morgan fingerprint density at radius 3 is 2.77 bits per heavy atom. The fourth-order valence-corrected chi connectivity index (χ4v) is 3.18. The van der Waals surface area contributed by atoms with Crippen LogP contribution in [0.15, 0.2) is 0 Å². The van der Waals surface area contributed by atoms with Crippen LogP contribution in [0.4, 0.5) is 0 Å². The van der Waals surface area contributed by atoms with E-state index in [0.717, 1.165) is 18.4 Å². The van der Waals surface area contributed by atoms with Gasteiger partial charge in [0.2, 0.25) is 0 Å². The molecule has 1 aliphatic heterocycles. The van der Waals surface area contributed by atoms with Crippen molar-refractivity contribution in [1.82, 2.24) is 0 Å². The normalized spacial score (nSPS) is 50.5. The van der Waals surface area contributed by atoms with Crippen LogP contribution in [0.2, 0.25) is 0 Å². The summed E-state index contributed by atoms with van der Waals surface area (Å²) in [7, 11) is 0. The Labute approximate surface area is 80.8 Å². The number of rotatable bonds is 1. The number of nitrogens with two attached hydrogens (primary N) is 1. The SMILES string of the molecule is CC1OC2CCCC(CN)C2C1C. The van der Waals surface area contributed by atoms with E-state index in [0.29, 0.717) is 18.1 Å². The third kappa shape index (κ3) is 1.50. The Balaban J connectivity index is 2.11. The van der Waals surface area contributed by atoms with Crippen molar-refractivity contribution >= 4 is 0 Å². The van der Waals surface area contributed by atoms with E-state index in [1.807, 2.05) is 0 Å². The van der Waals surface area contributed by atoms with Gasteiger partial charge in [0.05, 0.1) is 12.2 Å². The first-order valence-electron chi connectivity index (χ1n) is 5.59. The molecule has 1 heterocycles. The molecule has 0 bridgehead atoms. The molecular formula is C11H21NO. The second-order valence-corrected chi connectivity index (χ2v) is 4.74. The second kappa shape index (κ2) is 3.58. The minimum atomic E-state index is 0.446. The van der Waals surface area contributed by atoms with E-state index < -0.39 is 0 Å². The van der Waals surface area contributed by atoms with Gasteiger partial charge in [0.15, 0.2) is 0 Å². The van der Waals surface area contributed by atoms with Crippen molar-refractivity contribution in [2.45, 2.75) is 45.3 Å². The molecule has 0 aromatic rings. The van der Waals surface area contributed by atoms with Crippen molar-refractivity contribution in [2.24, 2.45) is 23.5 Å². The maximum Gasteiger partial charge on any atom is 0.0613 e. The zero-order chi connectivity index (χ0) is 9.42. The van der Waals surface area contributed by atoms with E-state index in [4.69, 9.17) is 10.5 Å². The van der Waals surface area contributed by atoms with Crippen LogP contribution in [0.25, 0.3) is 0 Å². The monoisotopic (exact) mass is 183 g/mol. The lowest BCUT2D eigenvalue weighted by molar-refractivity contribution is 0.0138. The number of ether oxygens (including phenoxy) is 1. The molecule has 5 unspecified atom stereocenters. The van der Waals surface area contributed by atoms with Gasteiger partial charge in [-0.3, -0.25) is 0 Å². The number of hydrogen-bond donors (Lipinski definition) is 1. The average molecular weight is 183 g/mol. The lowest BCUT2D eigenvalue weighted by atomic mass is 9.72. The molecule has 0 aromatic heterocycles.